The molecule has 1 atom stereocenters. The number of nitrogens with one attached hydrogen (secondary N) is 1. The molecule has 1 unspecified atom stereocenters. The number of nitrogens with zero attached hydrogens (tertiary/aromatic N) is 3. The molecule has 1 heterocycles. The van der Waals surface area contributed by atoms with Gasteiger partial charge >= 0.3 is 0 Å². The molecule has 3 aromatic rings. The van der Waals surface area contributed by atoms with E-state index in [-0.39, 0.29) is 6.04 Å². The molecule has 0 fully saturated rings. The van der Waals surface area contributed by atoms with E-state index in [0.717, 1.165) is 54.8 Å². The van der Waals surface area contributed by atoms with Crippen LogP contribution in [0.1, 0.15) is 45.0 Å². The predicted octanol–water partition coefficient (Wildman–Crippen LogP) is 6.39. The quantitative estimate of drug-likeness (QED) is 0.322. The van der Waals surface area contributed by atoms with Gasteiger partial charge in [0.05, 0.1) is 19.7 Å². The Kier molecular flexibility index (Phi) is 9.54. The molecule has 0 radical (unpaired) electrons. The minimum atomic E-state index is 0.284. The van der Waals surface area contributed by atoms with Gasteiger partial charge in [-0.05, 0) is 81.4 Å². The van der Waals surface area contributed by atoms with E-state index in [4.69, 9.17) is 31.0 Å². The molecule has 7 heteroatoms. The fraction of sp³-hybridized carbons (Fsp3) is 0.407. The van der Waals surface area contributed by atoms with Gasteiger partial charge < -0.3 is 19.7 Å². The Morgan fingerprint density at radius 3 is 2.47 bits per heavy atom. The van der Waals surface area contributed by atoms with Gasteiger partial charge in [0.1, 0.15) is 5.82 Å². The number of fused-ring (bicyclic) bond motifs is 1. The van der Waals surface area contributed by atoms with Gasteiger partial charge in [-0.1, -0.05) is 37.6 Å². The van der Waals surface area contributed by atoms with Gasteiger partial charge in [-0.15, -0.1) is 0 Å². The third-order valence-corrected chi connectivity index (χ3v) is 6.13. The van der Waals surface area contributed by atoms with Crippen molar-refractivity contribution in [3.63, 3.8) is 0 Å². The minimum Gasteiger partial charge on any atom is -0.493 e. The zero-order valence-electron chi connectivity index (χ0n) is 20.8. The Hall–Kier alpha value is -2.83. The summed E-state index contributed by atoms with van der Waals surface area (Å²) in [4.78, 5) is 12.0. The van der Waals surface area contributed by atoms with E-state index in [0.29, 0.717) is 22.3 Å². The lowest BCUT2D eigenvalue weighted by Gasteiger charge is -2.20. The van der Waals surface area contributed by atoms with E-state index in [1.165, 1.54) is 0 Å². The first-order chi connectivity index (χ1) is 16.5. The van der Waals surface area contributed by atoms with Crippen LogP contribution in [0, 0.1) is 0 Å². The monoisotopic (exact) mass is 482 g/mol. The van der Waals surface area contributed by atoms with Crippen molar-refractivity contribution < 1.29 is 9.47 Å². The molecule has 0 spiro atoms. The van der Waals surface area contributed by atoms with Gasteiger partial charge in [-0.25, -0.2) is 9.97 Å². The van der Waals surface area contributed by atoms with Gasteiger partial charge in [0.25, 0.3) is 0 Å². The van der Waals surface area contributed by atoms with Gasteiger partial charge in [-0.3, -0.25) is 0 Å². The van der Waals surface area contributed by atoms with Crippen molar-refractivity contribution in [3.8, 4) is 11.5 Å². The highest BCUT2D eigenvalue weighted by Gasteiger charge is 2.11. The number of hydrogen-bond donors (Lipinski definition) is 1. The zero-order chi connectivity index (χ0) is 24.5. The van der Waals surface area contributed by atoms with Crippen molar-refractivity contribution in [2.75, 3.05) is 39.2 Å². The van der Waals surface area contributed by atoms with Crippen LogP contribution < -0.4 is 14.8 Å². The van der Waals surface area contributed by atoms with Crippen LogP contribution in [0.4, 0.5) is 5.82 Å². The predicted molar refractivity (Wildman–Crippen MR) is 143 cm³/mol. The van der Waals surface area contributed by atoms with Crippen molar-refractivity contribution in [1.29, 1.82) is 0 Å². The van der Waals surface area contributed by atoms with Crippen LogP contribution in [-0.2, 0) is 0 Å². The van der Waals surface area contributed by atoms with Crippen LogP contribution in [0.2, 0.25) is 5.02 Å². The number of ether oxygens (including phenoxy) is 2. The second-order valence-corrected chi connectivity index (χ2v) is 8.69. The molecular weight excluding hydrogens is 448 g/mol. The SMILES string of the molecule is CCN(CC)CCCC(C)Nc1nc(C=Cc2ccc(OC)c(OC)c2)nc2cc(Cl)ccc12. The molecule has 0 aliphatic rings. The van der Waals surface area contributed by atoms with E-state index in [2.05, 4.69) is 31.0 Å². The molecule has 0 saturated carbocycles. The fourth-order valence-electron chi connectivity index (χ4n) is 3.90. The lowest BCUT2D eigenvalue weighted by molar-refractivity contribution is 0.295. The highest BCUT2D eigenvalue weighted by molar-refractivity contribution is 6.31. The van der Waals surface area contributed by atoms with Gasteiger partial charge in [0.15, 0.2) is 17.3 Å². The zero-order valence-corrected chi connectivity index (χ0v) is 21.5. The lowest BCUT2D eigenvalue weighted by Crippen LogP contribution is -2.25. The molecule has 3 rings (SSSR count). The van der Waals surface area contributed by atoms with Crippen molar-refractivity contribution in [3.05, 3.63) is 52.8 Å². The average molecular weight is 483 g/mol. The lowest BCUT2D eigenvalue weighted by atomic mass is 10.1. The van der Waals surface area contributed by atoms with E-state index >= 15 is 0 Å². The molecule has 6 nitrogen and oxygen atoms in total. The summed E-state index contributed by atoms with van der Waals surface area (Å²) < 4.78 is 10.7. The van der Waals surface area contributed by atoms with Crippen molar-refractivity contribution in [2.24, 2.45) is 0 Å². The van der Waals surface area contributed by atoms with Crippen molar-refractivity contribution >= 4 is 40.5 Å². The first-order valence-electron chi connectivity index (χ1n) is 11.8. The largest absolute Gasteiger partial charge is 0.493 e. The topological polar surface area (TPSA) is 59.5 Å². The highest BCUT2D eigenvalue weighted by Crippen LogP contribution is 2.29. The number of hydrogen-bond acceptors (Lipinski definition) is 6. The Morgan fingerprint density at radius 1 is 1.00 bits per heavy atom. The smallest absolute Gasteiger partial charge is 0.161 e. The summed E-state index contributed by atoms with van der Waals surface area (Å²) in [5, 5.41) is 5.22. The molecule has 34 heavy (non-hydrogen) atoms. The molecule has 0 aliphatic heterocycles. The maximum Gasteiger partial charge on any atom is 0.161 e. The number of rotatable bonds is 12. The standard InChI is InChI=1S/C27H35ClN4O2/c1-6-32(7-2)16-8-9-19(3)29-27-22-13-12-21(28)18-23(22)30-26(31-27)15-11-20-10-14-24(33-4)25(17-20)34-5/h10-15,17-19H,6-9,16H2,1-5H3,(H,29,30,31). The number of aromatic nitrogens is 2. The van der Waals surface area contributed by atoms with Crippen LogP contribution in [0.15, 0.2) is 36.4 Å². The first kappa shape index (κ1) is 25.8. The summed E-state index contributed by atoms with van der Waals surface area (Å²) >= 11 is 6.26. The Bertz CT molecular complexity index is 1120. The third-order valence-electron chi connectivity index (χ3n) is 5.90. The number of benzene rings is 2. The van der Waals surface area contributed by atoms with Crippen LogP contribution >= 0.6 is 11.6 Å². The molecule has 0 amide bonds. The number of anilines is 1. The first-order valence-corrected chi connectivity index (χ1v) is 12.2. The summed E-state index contributed by atoms with van der Waals surface area (Å²) in [6.45, 7) is 9.90. The van der Waals surface area contributed by atoms with Crippen LogP contribution in [0.5, 0.6) is 11.5 Å². The summed E-state index contributed by atoms with van der Waals surface area (Å²) in [5.74, 6) is 2.81. The third kappa shape index (κ3) is 6.84. The summed E-state index contributed by atoms with van der Waals surface area (Å²) in [7, 11) is 3.25. The van der Waals surface area contributed by atoms with Crippen LogP contribution in [0.25, 0.3) is 23.1 Å². The van der Waals surface area contributed by atoms with Crippen LogP contribution in [-0.4, -0.2) is 54.8 Å². The highest BCUT2D eigenvalue weighted by atomic mass is 35.5. The van der Waals surface area contributed by atoms with Gasteiger partial charge in [0, 0.05) is 16.5 Å². The second-order valence-electron chi connectivity index (χ2n) is 8.25. The minimum absolute atomic E-state index is 0.284. The van der Waals surface area contributed by atoms with Crippen LogP contribution in [0.3, 0.4) is 0 Å². The van der Waals surface area contributed by atoms with E-state index in [1.807, 2.05) is 48.6 Å². The summed E-state index contributed by atoms with van der Waals surface area (Å²) in [5.41, 5.74) is 1.78. The summed E-state index contributed by atoms with van der Waals surface area (Å²) in [6, 6.07) is 11.8. The van der Waals surface area contributed by atoms with Gasteiger partial charge in [-0.2, -0.15) is 0 Å². The average Bonchev–Trinajstić information content (AvgIpc) is 2.84. The second kappa shape index (κ2) is 12.6. The molecule has 0 saturated heterocycles. The molecule has 182 valence electrons. The van der Waals surface area contributed by atoms with E-state index in [1.54, 1.807) is 14.2 Å². The normalized spacial score (nSPS) is 12.4. The molecule has 1 N–H and O–H groups in total. The number of halogens is 1. The molecular formula is C27H35ClN4O2. The number of methoxy groups -OCH3 is 2. The van der Waals surface area contributed by atoms with Crippen molar-refractivity contribution in [2.45, 2.75) is 39.7 Å². The van der Waals surface area contributed by atoms with E-state index in [9.17, 15) is 0 Å². The Morgan fingerprint density at radius 2 is 1.76 bits per heavy atom. The maximum absolute atomic E-state index is 6.26. The van der Waals surface area contributed by atoms with E-state index < -0.39 is 0 Å². The Balaban J connectivity index is 1.82. The molecule has 0 aliphatic carbocycles. The Labute approximate surface area is 208 Å². The molecule has 0 bridgehead atoms. The molecule has 1 aromatic heterocycles. The fourth-order valence-corrected chi connectivity index (χ4v) is 4.07. The van der Waals surface area contributed by atoms with Gasteiger partial charge in [0.2, 0.25) is 0 Å². The molecule has 2 aromatic carbocycles. The maximum atomic E-state index is 6.26. The summed E-state index contributed by atoms with van der Waals surface area (Å²) in [6.07, 6.45) is 6.06. The van der Waals surface area contributed by atoms with Crippen molar-refractivity contribution in [1.82, 2.24) is 14.9 Å².